The first kappa shape index (κ1) is 19.9. The number of fused-ring (bicyclic) bond motifs is 1. The summed E-state index contributed by atoms with van der Waals surface area (Å²) >= 11 is 0. The van der Waals surface area contributed by atoms with E-state index in [-0.39, 0.29) is 12.3 Å². The van der Waals surface area contributed by atoms with Crippen LogP contribution in [0.1, 0.15) is 62.0 Å². The van der Waals surface area contributed by atoms with E-state index in [2.05, 4.69) is 11.4 Å². The van der Waals surface area contributed by atoms with Crippen LogP contribution in [0.4, 0.5) is 0 Å². The molecule has 0 bridgehead atoms. The van der Waals surface area contributed by atoms with Gasteiger partial charge in [-0.25, -0.2) is 13.2 Å². The molecule has 0 spiro atoms. The maximum Gasteiger partial charge on any atom is 0.326 e. The predicted octanol–water partition coefficient (Wildman–Crippen LogP) is 2.42. The van der Waals surface area contributed by atoms with Crippen LogP contribution in [-0.2, 0) is 25.8 Å². The number of carboxylic acid groups (broad SMARTS) is 1. The molecule has 1 aromatic carbocycles. The quantitative estimate of drug-likeness (QED) is 0.741. The Kier molecular flexibility index (Phi) is 6.19. The lowest BCUT2D eigenvalue weighted by molar-refractivity contribution is -0.141. The highest BCUT2D eigenvalue weighted by Crippen LogP contribution is 2.34. The molecule has 2 N–H and O–H groups in total. The van der Waals surface area contributed by atoms with Gasteiger partial charge in [-0.1, -0.05) is 37.1 Å². The van der Waals surface area contributed by atoms with Crippen LogP contribution < -0.4 is 5.32 Å². The molecule has 2 aliphatic carbocycles. The summed E-state index contributed by atoms with van der Waals surface area (Å²) < 4.78 is 24.7. The molecule has 0 aromatic heterocycles. The minimum absolute atomic E-state index is 0.0581. The first-order valence-electron chi connectivity index (χ1n) is 9.68. The summed E-state index contributed by atoms with van der Waals surface area (Å²) in [6, 6.07) is 6.92. The third kappa shape index (κ3) is 4.89. The Labute approximate surface area is 160 Å². The highest BCUT2D eigenvalue weighted by molar-refractivity contribution is 7.92. The Bertz CT molecular complexity index is 798. The molecule has 2 atom stereocenters. The van der Waals surface area contributed by atoms with E-state index in [0.717, 1.165) is 37.7 Å². The van der Waals surface area contributed by atoms with E-state index in [1.807, 2.05) is 18.2 Å². The number of sulfone groups is 1. The van der Waals surface area contributed by atoms with Crippen LogP contribution in [0.2, 0.25) is 0 Å². The zero-order valence-corrected chi connectivity index (χ0v) is 16.2. The third-order valence-electron chi connectivity index (χ3n) is 5.79. The van der Waals surface area contributed by atoms with E-state index < -0.39 is 38.8 Å². The summed E-state index contributed by atoms with van der Waals surface area (Å²) in [5.74, 6) is -2.39. The molecule has 2 unspecified atom stereocenters. The van der Waals surface area contributed by atoms with Crippen LogP contribution in [0.25, 0.3) is 0 Å². The third-order valence-corrected chi connectivity index (χ3v) is 7.94. The lowest BCUT2D eigenvalue weighted by Crippen LogP contribution is -2.45. The van der Waals surface area contributed by atoms with Crippen molar-refractivity contribution in [3.63, 3.8) is 0 Å². The molecule has 2 aliphatic rings. The molecule has 1 saturated carbocycles. The molecule has 7 heteroatoms. The number of carbonyl (C=O) groups excluding carboxylic acids is 1. The minimum atomic E-state index is -3.52. The topological polar surface area (TPSA) is 101 Å². The average molecular weight is 394 g/mol. The van der Waals surface area contributed by atoms with Gasteiger partial charge in [0.1, 0.15) is 11.8 Å². The van der Waals surface area contributed by atoms with Crippen molar-refractivity contribution in [3.05, 3.63) is 35.4 Å². The molecule has 0 aliphatic heterocycles. The number of carbonyl (C=O) groups is 2. The molecule has 0 saturated heterocycles. The molecule has 1 aromatic rings. The van der Waals surface area contributed by atoms with Gasteiger partial charge in [0.05, 0.1) is 5.25 Å². The van der Waals surface area contributed by atoms with Gasteiger partial charge < -0.3 is 10.4 Å². The lowest BCUT2D eigenvalue weighted by Gasteiger charge is -2.28. The second-order valence-corrected chi connectivity index (χ2v) is 9.98. The van der Waals surface area contributed by atoms with Crippen LogP contribution in [0.15, 0.2) is 24.3 Å². The van der Waals surface area contributed by atoms with E-state index in [9.17, 15) is 23.1 Å². The molecule has 3 rings (SSSR count). The molecular weight excluding hydrogens is 366 g/mol. The number of hydrogen-bond donors (Lipinski definition) is 2. The first-order valence-corrected chi connectivity index (χ1v) is 11.4. The Morgan fingerprint density at radius 1 is 1.11 bits per heavy atom. The van der Waals surface area contributed by atoms with Gasteiger partial charge in [0.25, 0.3) is 0 Å². The first-order chi connectivity index (χ1) is 12.9. The van der Waals surface area contributed by atoms with Crippen molar-refractivity contribution in [2.45, 2.75) is 68.6 Å². The Hall–Kier alpha value is -1.89. The summed E-state index contributed by atoms with van der Waals surface area (Å²) in [7, 11) is -3.52. The Morgan fingerprint density at radius 3 is 2.52 bits per heavy atom. The van der Waals surface area contributed by atoms with Gasteiger partial charge in [0.15, 0.2) is 9.84 Å². The molecule has 6 nitrogen and oxygen atoms in total. The standard InChI is InChI=1S/C20H27NO5S/c22-19(13-27(25,26)16-9-2-3-10-16)21-18(20(23)24)12-15-8-5-7-14-6-1-4-11-17(14)15/h1,4,6,11,15-16,18H,2-3,5,7-10,12-13H2,(H,21,22)(H,23,24). The van der Waals surface area contributed by atoms with E-state index in [1.54, 1.807) is 0 Å². The monoisotopic (exact) mass is 393 g/mol. The molecule has 1 fully saturated rings. The van der Waals surface area contributed by atoms with E-state index in [1.165, 1.54) is 5.56 Å². The molecule has 0 radical (unpaired) electrons. The van der Waals surface area contributed by atoms with Gasteiger partial charge in [0, 0.05) is 0 Å². The number of amides is 1. The van der Waals surface area contributed by atoms with Crippen molar-refractivity contribution in [3.8, 4) is 0 Å². The van der Waals surface area contributed by atoms with E-state index in [0.29, 0.717) is 12.8 Å². The number of carboxylic acids is 1. The van der Waals surface area contributed by atoms with Gasteiger partial charge in [0.2, 0.25) is 5.91 Å². The number of benzene rings is 1. The Morgan fingerprint density at radius 2 is 1.81 bits per heavy atom. The maximum atomic E-state index is 12.3. The SMILES string of the molecule is O=C(CS(=O)(=O)C1CCCC1)NC(CC1CCCc2ccccc21)C(=O)O. The fourth-order valence-electron chi connectivity index (χ4n) is 4.39. The molecular formula is C20H27NO5S. The molecule has 27 heavy (non-hydrogen) atoms. The molecule has 1 amide bonds. The second kappa shape index (κ2) is 8.42. The number of aryl methyl sites for hydroxylation is 1. The molecule has 0 heterocycles. The van der Waals surface area contributed by atoms with Crippen molar-refractivity contribution >= 4 is 21.7 Å². The van der Waals surface area contributed by atoms with Crippen molar-refractivity contribution < 1.29 is 23.1 Å². The lowest BCUT2D eigenvalue weighted by atomic mass is 9.79. The van der Waals surface area contributed by atoms with Gasteiger partial charge in [-0.2, -0.15) is 0 Å². The smallest absolute Gasteiger partial charge is 0.326 e. The normalized spacial score (nSPS) is 21.4. The number of hydrogen-bond acceptors (Lipinski definition) is 4. The zero-order valence-electron chi connectivity index (χ0n) is 15.4. The van der Waals surface area contributed by atoms with Crippen LogP contribution in [0.5, 0.6) is 0 Å². The molecule has 148 valence electrons. The van der Waals surface area contributed by atoms with Gasteiger partial charge >= 0.3 is 5.97 Å². The zero-order chi connectivity index (χ0) is 19.4. The number of nitrogens with one attached hydrogen (secondary N) is 1. The van der Waals surface area contributed by atoms with E-state index >= 15 is 0 Å². The van der Waals surface area contributed by atoms with Crippen LogP contribution in [0.3, 0.4) is 0 Å². The maximum absolute atomic E-state index is 12.3. The van der Waals surface area contributed by atoms with Crippen molar-refractivity contribution in [1.29, 1.82) is 0 Å². The second-order valence-electron chi connectivity index (χ2n) is 7.70. The summed E-state index contributed by atoms with van der Waals surface area (Å²) in [5, 5.41) is 11.5. The van der Waals surface area contributed by atoms with Crippen LogP contribution in [0, 0.1) is 0 Å². The van der Waals surface area contributed by atoms with Crippen molar-refractivity contribution in [2.75, 3.05) is 5.75 Å². The highest BCUT2D eigenvalue weighted by atomic mass is 32.2. The number of aliphatic carboxylic acids is 1. The fraction of sp³-hybridized carbons (Fsp3) is 0.600. The van der Waals surface area contributed by atoms with Gasteiger partial charge in [-0.15, -0.1) is 0 Å². The Balaban J connectivity index is 1.64. The van der Waals surface area contributed by atoms with Gasteiger partial charge in [-0.3, -0.25) is 4.79 Å². The minimum Gasteiger partial charge on any atom is -0.480 e. The summed E-state index contributed by atoms with van der Waals surface area (Å²) in [6.07, 6.45) is 6.04. The van der Waals surface area contributed by atoms with E-state index in [4.69, 9.17) is 0 Å². The van der Waals surface area contributed by atoms with Gasteiger partial charge in [-0.05, 0) is 55.6 Å². The van der Waals surface area contributed by atoms with Crippen molar-refractivity contribution in [2.24, 2.45) is 0 Å². The fourth-order valence-corrected chi connectivity index (χ4v) is 6.13. The largest absolute Gasteiger partial charge is 0.480 e. The van der Waals surface area contributed by atoms with Crippen molar-refractivity contribution in [1.82, 2.24) is 5.32 Å². The van der Waals surface area contributed by atoms with Crippen LogP contribution >= 0.6 is 0 Å². The average Bonchev–Trinajstić information content (AvgIpc) is 3.16. The summed E-state index contributed by atoms with van der Waals surface area (Å²) in [5.41, 5.74) is 2.37. The summed E-state index contributed by atoms with van der Waals surface area (Å²) in [4.78, 5) is 23.9. The number of rotatable bonds is 7. The predicted molar refractivity (Wildman–Crippen MR) is 102 cm³/mol. The highest BCUT2D eigenvalue weighted by Gasteiger charge is 2.33. The summed E-state index contributed by atoms with van der Waals surface area (Å²) in [6.45, 7) is 0. The van der Waals surface area contributed by atoms with Crippen LogP contribution in [-0.4, -0.2) is 42.4 Å².